The molecule has 0 aromatic carbocycles. The minimum Gasteiger partial charge on any atom is -0.334 e. The molecule has 1 N–H and O–H groups in total. The molecular weight excluding hydrogens is 248 g/mol. The molecule has 2 heterocycles. The Hall–Kier alpha value is -0.870. The van der Waals surface area contributed by atoms with Gasteiger partial charge in [-0.25, -0.2) is 4.98 Å². The Kier molecular flexibility index (Phi) is 6.54. The van der Waals surface area contributed by atoms with Gasteiger partial charge < -0.3 is 14.8 Å². The zero-order chi connectivity index (χ0) is 14.2. The molecule has 0 spiro atoms. The van der Waals surface area contributed by atoms with Gasteiger partial charge in [0.1, 0.15) is 5.82 Å². The summed E-state index contributed by atoms with van der Waals surface area (Å²) in [6.45, 7) is 10.2. The Morgan fingerprint density at radius 1 is 1.35 bits per heavy atom. The van der Waals surface area contributed by atoms with E-state index in [4.69, 9.17) is 0 Å². The van der Waals surface area contributed by atoms with E-state index in [0.29, 0.717) is 0 Å². The van der Waals surface area contributed by atoms with Crippen LogP contribution in [0.4, 0.5) is 0 Å². The van der Waals surface area contributed by atoms with Gasteiger partial charge in [-0.2, -0.15) is 0 Å². The van der Waals surface area contributed by atoms with Crippen molar-refractivity contribution in [1.82, 2.24) is 19.8 Å². The second-order valence-electron chi connectivity index (χ2n) is 5.95. The topological polar surface area (TPSA) is 33.1 Å². The first-order valence-electron chi connectivity index (χ1n) is 8.26. The summed E-state index contributed by atoms with van der Waals surface area (Å²) in [6.07, 6.45) is 10.6. The number of hydrogen-bond acceptors (Lipinski definition) is 3. The highest BCUT2D eigenvalue weighted by molar-refractivity contribution is 4.91. The largest absolute Gasteiger partial charge is 0.334 e. The molecule has 1 saturated heterocycles. The maximum Gasteiger partial charge on any atom is 0.122 e. The molecule has 1 unspecified atom stereocenters. The number of nitrogens with one attached hydrogen (secondary N) is 1. The van der Waals surface area contributed by atoms with E-state index in [0.717, 1.165) is 37.9 Å². The van der Waals surface area contributed by atoms with Crippen LogP contribution < -0.4 is 5.32 Å². The molecule has 1 aromatic rings. The van der Waals surface area contributed by atoms with Crippen molar-refractivity contribution in [3.05, 3.63) is 18.2 Å². The summed E-state index contributed by atoms with van der Waals surface area (Å²) in [5, 5.41) is 3.53. The highest BCUT2D eigenvalue weighted by Gasteiger charge is 2.16. The third-order valence-electron chi connectivity index (χ3n) is 4.29. The molecule has 1 aliphatic rings. The number of nitrogens with zero attached hydrogens (tertiary/aromatic N) is 3. The molecule has 1 aliphatic heterocycles. The normalized spacial score (nSPS) is 20.4. The smallest absolute Gasteiger partial charge is 0.122 e. The van der Waals surface area contributed by atoms with Gasteiger partial charge in [0.05, 0.1) is 6.54 Å². The lowest BCUT2D eigenvalue weighted by Crippen LogP contribution is -2.38. The van der Waals surface area contributed by atoms with Gasteiger partial charge in [0.25, 0.3) is 0 Å². The first-order valence-corrected chi connectivity index (χ1v) is 8.26. The highest BCUT2D eigenvalue weighted by Crippen LogP contribution is 2.16. The quantitative estimate of drug-likeness (QED) is 0.742. The van der Waals surface area contributed by atoms with Crippen molar-refractivity contribution in [3.8, 4) is 0 Å². The fourth-order valence-corrected chi connectivity index (χ4v) is 3.05. The third-order valence-corrected chi connectivity index (χ3v) is 4.29. The number of aromatic nitrogens is 2. The van der Waals surface area contributed by atoms with Crippen LogP contribution in [0.5, 0.6) is 0 Å². The van der Waals surface area contributed by atoms with Gasteiger partial charge in [0, 0.05) is 25.0 Å². The fraction of sp³-hybridized carbons (Fsp3) is 0.812. The maximum atomic E-state index is 4.42. The van der Waals surface area contributed by atoms with Crippen molar-refractivity contribution in [1.29, 1.82) is 0 Å². The zero-order valence-corrected chi connectivity index (χ0v) is 13.1. The van der Waals surface area contributed by atoms with Crippen molar-refractivity contribution >= 4 is 0 Å². The van der Waals surface area contributed by atoms with Crippen molar-refractivity contribution in [2.45, 2.75) is 65.1 Å². The Bertz CT molecular complexity index is 374. The van der Waals surface area contributed by atoms with E-state index in [1.54, 1.807) is 0 Å². The summed E-state index contributed by atoms with van der Waals surface area (Å²) < 4.78 is 2.25. The van der Waals surface area contributed by atoms with Crippen LogP contribution in [0.25, 0.3) is 0 Å². The zero-order valence-electron chi connectivity index (χ0n) is 13.1. The maximum absolute atomic E-state index is 4.42. The van der Waals surface area contributed by atoms with Gasteiger partial charge in [-0.3, -0.25) is 0 Å². The molecule has 2 rings (SSSR count). The van der Waals surface area contributed by atoms with Crippen molar-refractivity contribution in [2.24, 2.45) is 0 Å². The van der Waals surface area contributed by atoms with Gasteiger partial charge in [0.15, 0.2) is 0 Å². The van der Waals surface area contributed by atoms with Crippen LogP contribution in [0.1, 0.15) is 51.8 Å². The first kappa shape index (κ1) is 15.5. The van der Waals surface area contributed by atoms with Crippen LogP contribution in [0.2, 0.25) is 0 Å². The standard InChI is InChI=1S/C16H30N4/c1-3-10-20-13-9-18-16(20)14-17-8-6-12-19-11-5-4-7-15(19)2/h9,13,15,17H,3-8,10-12,14H2,1-2H3. The van der Waals surface area contributed by atoms with Gasteiger partial charge in [-0.15, -0.1) is 0 Å². The van der Waals surface area contributed by atoms with Crippen LogP contribution in [0, 0.1) is 0 Å². The minimum atomic E-state index is 0.784. The summed E-state index contributed by atoms with van der Waals surface area (Å²) in [5.74, 6) is 1.16. The lowest BCUT2D eigenvalue weighted by atomic mass is 10.0. The molecule has 4 nitrogen and oxygen atoms in total. The molecule has 114 valence electrons. The lowest BCUT2D eigenvalue weighted by molar-refractivity contribution is 0.159. The molecule has 1 atom stereocenters. The average molecular weight is 278 g/mol. The summed E-state index contributed by atoms with van der Waals surface area (Å²) >= 11 is 0. The Labute approximate surface area is 123 Å². The molecule has 1 aromatic heterocycles. The number of aryl methyl sites for hydroxylation is 1. The summed E-state index contributed by atoms with van der Waals surface area (Å²) in [5.41, 5.74) is 0. The minimum absolute atomic E-state index is 0.784. The predicted molar refractivity (Wildman–Crippen MR) is 83.7 cm³/mol. The van der Waals surface area contributed by atoms with Crippen LogP contribution >= 0.6 is 0 Å². The molecule has 0 aliphatic carbocycles. The van der Waals surface area contributed by atoms with E-state index >= 15 is 0 Å². The lowest BCUT2D eigenvalue weighted by Gasteiger charge is -2.33. The monoisotopic (exact) mass is 278 g/mol. The summed E-state index contributed by atoms with van der Waals surface area (Å²) in [7, 11) is 0. The third kappa shape index (κ3) is 4.60. The Morgan fingerprint density at radius 3 is 3.05 bits per heavy atom. The second-order valence-corrected chi connectivity index (χ2v) is 5.95. The number of rotatable bonds is 8. The first-order chi connectivity index (χ1) is 9.81. The number of likely N-dealkylation sites (tertiary alicyclic amines) is 1. The van der Waals surface area contributed by atoms with Crippen LogP contribution in [-0.2, 0) is 13.1 Å². The van der Waals surface area contributed by atoms with E-state index in [1.807, 2.05) is 6.20 Å². The van der Waals surface area contributed by atoms with Gasteiger partial charge in [0.2, 0.25) is 0 Å². The molecule has 1 fully saturated rings. The SMILES string of the molecule is CCCn1ccnc1CNCCCN1CCCCC1C. The summed E-state index contributed by atoms with van der Waals surface area (Å²) in [4.78, 5) is 7.07. The Balaban J connectivity index is 1.60. The van der Waals surface area contributed by atoms with E-state index < -0.39 is 0 Å². The number of piperidine rings is 1. The van der Waals surface area contributed by atoms with Gasteiger partial charge in [-0.05, 0) is 52.2 Å². The number of imidazole rings is 1. The molecule has 0 radical (unpaired) electrons. The molecule has 20 heavy (non-hydrogen) atoms. The Morgan fingerprint density at radius 2 is 2.25 bits per heavy atom. The fourth-order valence-electron chi connectivity index (χ4n) is 3.05. The van der Waals surface area contributed by atoms with Crippen molar-refractivity contribution < 1.29 is 0 Å². The van der Waals surface area contributed by atoms with Crippen LogP contribution in [0.3, 0.4) is 0 Å². The van der Waals surface area contributed by atoms with E-state index in [2.05, 4.69) is 39.8 Å². The molecule has 0 amide bonds. The average Bonchev–Trinajstić information content (AvgIpc) is 2.88. The molecule has 4 heteroatoms. The molecule has 0 bridgehead atoms. The van der Waals surface area contributed by atoms with Gasteiger partial charge >= 0.3 is 0 Å². The van der Waals surface area contributed by atoms with E-state index in [9.17, 15) is 0 Å². The predicted octanol–water partition coefficient (Wildman–Crippen LogP) is 2.65. The van der Waals surface area contributed by atoms with E-state index in [1.165, 1.54) is 38.8 Å². The molecular formula is C16H30N4. The van der Waals surface area contributed by atoms with Crippen LogP contribution in [-0.4, -0.2) is 40.1 Å². The van der Waals surface area contributed by atoms with E-state index in [-0.39, 0.29) is 0 Å². The van der Waals surface area contributed by atoms with Crippen LogP contribution in [0.15, 0.2) is 12.4 Å². The number of hydrogen-bond donors (Lipinski definition) is 1. The van der Waals surface area contributed by atoms with Crippen molar-refractivity contribution in [2.75, 3.05) is 19.6 Å². The highest BCUT2D eigenvalue weighted by atomic mass is 15.2. The molecule has 0 saturated carbocycles. The summed E-state index contributed by atoms with van der Waals surface area (Å²) in [6, 6.07) is 0.784. The second kappa shape index (κ2) is 8.42. The van der Waals surface area contributed by atoms with Gasteiger partial charge in [-0.1, -0.05) is 13.3 Å². The van der Waals surface area contributed by atoms with Crippen molar-refractivity contribution in [3.63, 3.8) is 0 Å².